The number of rotatable bonds is 3. The number of carbonyl (C=O) groups excluding carboxylic acids is 1. The van der Waals surface area contributed by atoms with E-state index in [1.165, 1.54) is 6.26 Å². The summed E-state index contributed by atoms with van der Waals surface area (Å²) in [5.74, 6) is -0.991. The zero-order valence-corrected chi connectivity index (χ0v) is 12.1. The standard InChI is InChI=1S/C15H21NO4/c1-9-11(16-13(17)12-5-4-8-20-12)7-6-10(14(18)19)15(9,2)3/h4-5,8-11H,6-7H2,1-3H3,(H,16,17)(H,18,19). The van der Waals surface area contributed by atoms with E-state index in [0.717, 1.165) is 0 Å². The molecule has 5 nitrogen and oxygen atoms in total. The van der Waals surface area contributed by atoms with Crippen molar-refractivity contribution in [2.24, 2.45) is 17.3 Å². The monoisotopic (exact) mass is 279 g/mol. The number of carbonyl (C=O) groups is 2. The largest absolute Gasteiger partial charge is 0.481 e. The van der Waals surface area contributed by atoms with Gasteiger partial charge in [-0.05, 0) is 36.3 Å². The van der Waals surface area contributed by atoms with Crippen molar-refractivity contribution in [3.63, 3.8) is 0 Å². The minimum atomic E-state index is -0.752. The first-order chi connectivity index (χ1) is 9.34. The average Bonchev–Trinajstić information content (AvgIpc) is 2.88. The maximum absolute atomic E-state index is 12.0. The Balaban J connectivity index is 2.08. The molecule has 2 N–H and O–H groups in total. The van der Waals surface area contributed by atoms with Crippen molar-refractivity contribution >= 4 is 11.9 Å². The molecule has 1 amide bonds. The predicted molar refractivity (Wildman–Crippen MR) is 73.3 cm³/mol. The van der Waals surface area contributed by atoms with Crippen molar-refractivity contribution in [3.8, 4) is 0 Å². The second-order valence-electron chi connectivity index (χ2n) is 6.14. The fourth-order valence-corrected chi connectivity index (χ4v) is 3.09. The molecule has 3 unspecified atom stereocenters. The highest BCUT2D eigenvalue weighted by Gasteiger charge is 2.46. The molecule has 1 heterocycles. The number of nitrogens with one attached hydrogen (secondary N) is 1. The molecule has 20 heavy (non-hydrogen) atoms. The molecule has 3 atom stereocenters. The summed E-state index contributed by atoms with van der Waals surface area (Å²) in [5, 5.41) is 12.3. The number of furan rings is 1. The molecule has 0 spiro atoms. The maximum atomic E-state index is 12.0. The Morgan fingerprint density at radius 2 is 2.10 bits per heavy atom. The Morgan fingerprint density at radius 1 is 1.40 bits per heavy atom. The molecule has 5 heteroatoms. The van der Waals surface area contributed by atoms with E-state index in [4.69, 9.17) is 4.42 Å². The molecule has 1 fully saturated rings. The molecule has 0 aliphatic heterocycles. The summed E-state index contributed by atoms with van der Waals surface area (Å²) < 4.78 is 5.08. The predicted octanol–water partition coefficient (Wildman–Crippen LogP) is 2.53. The van der Waals surface area contributed by atoms with Crippen LogP contribution in [0.2, 0.25) is 0 Å². The maximum Gasteiger partial charge on any atom is 0.307 e. The van der Waals surface area contributed by atoms with Crippen LogP contribution in [0.15, 0.2) is 22.8 Å². The first-order valence-electron chi connectivity index (χ1n) is 6.91. The second kappa shape index (κ2) is 5.31. The number of carboxylic acid groups (broad SMARTS) is 1. The van der Waals surface area contributed by atoms with Crippen LogP contribution in [-0.4, -0.2) is 23.0 Å². The van der Waals surface area contributed by atoms with Crippen LogP contribution in [0.4, 0.5) is 0 Å². The van der Waals surface area contributed by atoms with Crippen LogP contribution >= 0.6 is 0 Å². The van der Waals surface area contributed by atoms with Gasteiger partial charge in [0.05, 0.1) is 12.2 Å². The van der Waals surface area contributed by atoms with E-state index in [9.17, 15) is 14.7 Å². The Hall–Kier alpha value is -1.78. The van der Waals surface area contributed by atoms with Gasteiger partial charge in [0.25, 0.3) is 5.91 Å². The van der Waals surface area contributed by atoms with Crippen LogP contribution in [0, 0.1) is 17.3 Å². The molecule has 1 aliphatic rings. The smallest absolute Gasteiger partial charge is 0.307 e. The Bertz CT molecular complexity index is 492. The molecule has 0 bridgehead atoms. The van der Waals surface area contributed by atoms with Crippen LogP contribution in [0.1, 0.15) is 44.2 Å². The number of aliphatic carboxylic acids is 1. The molecular weight excluding hydrogens is 258 g/mol. The minimum Gasteiger partial charge on any atom is -0.481 e. The van der Waals surface area contributed by atoms with Crippen molar-refractivity contribution < 1.29 is 19.1 Å². The molecule has 0 aromatic carbocycles. The van der Waals surface area contributed by atoms with E-state index in [2.05, 4.69) is 5.32 Å². The normalized spacial score (nSPS) is 28.9. The van der Waals surface area contributed by atoms with E-state index in [-0.39, 0.29) is 35.0 Å². The lowest BCUT2D eigenvalue weighted by Gasteiger charge is -2.46. The van der Waals surface area contributed by atoms with Gasteiger partial charge in [-0.1, -0.05) is 20.8 Å². The Kier molecular flexibility index (Phi) is 3.88. The second-order valence-corrected chi connectivity index (χ2v) is 6.14. The quantitative estimate of drug-likeness (QED) is 0.891. The summed E-state index contributed by atoms with van der Waals surface area (Å²) in [4.78, 5) is 23.4. The van der Waals surface area contributed by atoms with Crippen LogP contribution in [-0.2, 0) is 4.79 Å². The minimum absolute atomic E-state index is 0.0294. The van der Waals surface area contributed by atoms with Gasteiger partial charge >= 0.3 is 5.97 Å². The topological polar surface area (TPSA) is 79.5 Å². The Labute approximate surface area is 118 Å². The third-order valence-electron chi connectivity index (χ3n) is 4.80. The fraction of sp³-hybridized carbons (Fsp3) is 0.600. The van der Waals surface area contributed by atoms with Gasteiger partial charge in [0.1, 0.15) is 0 Å². The van der Waals surface area contributed by atoms with Gasteiger partial charge in [0, 0.05) is 6.04 Å². The highest BCUT2D eigenvalue weighted by Crippen LogP contribution is 2.45. The number of carboxylic acids is 1. The lowest BCUT2D eigenvalue weighted by atomic mass is 9.61. The molecular formula is C15H21NO4. The first kappa shape index (κ1) is 14.6. The summed E-state index contributed by atoms with van der Waals surface area (Å²) in [7, 11) is 0. The van der Waals surface area contributed by atoms with Crippen molar-refractivity contribution in [2.75, 3.05) is 0 Å². The molecule has 1 saturated carbocycles. The SMILES string of the molecule is CC1C(NC(=O)c2ccco2)CCC(C(=O)O)C1(C)C. The zero-order chi connectivity index (χ0) is 14.9. The summed E-state index contributed by atoms with van der Waals surface area (Å²) in [5.41, 5.74) is -0.356. The Morgan fingerprint density at radius 3 is 2.65 bits per heavy atom. The van der Waals surface area contributed by atoms with E-state index in [1.54, 1.807) is 12.1 Å². The summed E-state index contributed by atoms with van der Waals surface area (Å²) in [6.45, 7) is 5.92. The third kappa shape index (κ3) is 2.57. The fourth-order valence-electron chi connectivity index (χ4n) is 3.09. The zero-order valence-electron chi connectivity index (χ0n) is 12.1. The molecule has 0 radical (unpaired) electrons. The molecule has 2 rings (SSSR count). The summed E-state index contributed by atoms with van der Waals surface area (Å²) >= 11 is 0. The third-order valence-corrected chi connectivity index (χ3v) is 4.80. The molecule has 0 saturated heterocycles. The first-order valence-corrected chi connectivity index (χ1v) is 6.91. The number of amides is 1. The lowest BCUT2D eigenvalue weighted by Crippen LogP contribution is -2.52. The summed E-state index contributed by atoms with van der Waals surface area (Å²) in [6, 6.07) is 3.26. The molecule has 1 aliphatic carbocycles. The van der Waals surface area contributed by atoms with Crippen LogP contribution in [0.25, 0.3) is 0 Å². The van der Waals surface area contributed by atoms with Crippen molar-refractivity contribution in [1.82, 2.24) is 5.32 Å². The van der Waals surface area contributed by atoms with Crippen LogP contribution in [0.5, 0.6) is 0 Å². The van der Waals surface area contributed by atoms with E-state index in [1.807, 2.05) is 20.8 Å². The number of hydrogen-bond donors (Lipinski definition) is 2. The van der Waals surface area contributed by atoms with Gasteiger partial charge in [0.2, 0.25) is 0 Å². The molecule has 1 aromatic heterocycles. The van der Waals surface area contributed by atoms with Gasteiger partial charge in [-0.25, -0.2) is 0 Å². The van der Waals surface area contributed by atoms with Crippen LogP contribution in [0.3, 0.4) is 0 Å². The molecule has 110 valence electrons. The highest BCUT2D eigenvalue weighted by atomic mass is 16.4. The van der Waals surface area contributed by atoms with Gasteiger partial charge in [-0.3, -0.25) is 9.59 Å². The van der Waals surface area contributed by atoms with Crippen molar-refractivity contribution in [3.05, 3.63) is 24.2 Å². The van der Waals surface area contributed by atoms with Gasteiger partial charge in [-0.2, -0.15) is 0 Å². The number of hydrogen-bond acceptors (Lipinski definition) is 3. The van der Waals surface area contributed by atoms with Crippen molar-refractivity contribution in [1.29, 1.82) is 0 Å². The lowest BCUT2D eigenvalue weighted by molar-refractivity contribution is -0.150. The molecule has 1 aromatic rings. The van der Waals surface area contributed by atoms with E-state index < -0.39 is 5.97 Å². The van der Waals surface area contributed by atoms with Gasteiger partial charge in [0.15, 0.2) is 5.76 Å². The van der Waals surface area contributed by atoms with E-state index >= 15 is 0 Å². The van der Waals surface area contributed by atoms with Crippen LogP contribution < -0.4 is 5.32 Å². The summed E-state index contributed by atoms with van der Waals surface area (Å²) in [6.07, 6.45) is 2.72. The van der Waals surface area contributed by atoms with Gasteiger partial charge < -0.3 is 14.8 Å². The van der Waals surface area contributed by atoms with Crippen molar-refractivity contribution in [2.45, 2.75) is 39.7 Å². The van der Waals surface area contributed by atoms with E-state index in [0.29, 0.717) is 12.8 Å². The van der Waals surface area contributed by atoms with Gasteiger partial charge in [-0.15, -0.1) is 0 Å². The highest BCUT2D eigenvalue weighted by molar-refractivity contribution is 5.91. The average molecular weight is 279 g/mol.